The van der Waals surface area contributed by atoms with E-state index in [1.807, 2.05) is 0 Å². The first kappa shape index (κ1) is 13.0. The van der Waals surface area contributed by atoms with Gasteiger partial charge in [-0.05, 0) is 30.9 Å². The number of nitrogens with one attached hydrogen (secondary N) is 1. The summed E-state index contributed by atoms with van der Waals surface area (Å²) in [5.74, 6) is 0.429. The number of hydrogen-bond acceptors (Lipinski definition) is 4. The second-order valence-corrected chi connectivity index (χ2v) is 7.67. The molecule has 0 amide bonds. The fourth-order valence-electron chi connectivity index (χ4n) is 2.19. The van der Waals surface area contributed by atoms with E-state index in [4.69, 9.17) is 5.73 Å². The smallest absolute Gasteiger partial charge is 0.250 e. The van der Waals surface area contributed by atoms with Crippen molar-refractivity contribution in [3.8, 4) is 0 Å². The van der Waals surface area contributed by atoms with Crippen molar-refractivity contribution in [2.24, 2.45) is 11.7 Å². The van der Waals surface area contributed by atoms with Crippen molar-refractivity contribution in [3.63, 3.8) is 0 Å². The molecule has 1 aromatic heterocycles. The number of rotatable bonds is 4. The second-order valence-electron chi connectivity index (χ2n) is 4.56. The van der Waals surface area contributed by atoms with E-state index >= 15 is 0 Å². The highest BCUT2D eigenvalue weighted by Crippen LogP contribution is 2.28. The van der Waals surface area contributed by atoms with Crippen LogP contribution in [0.3, 0.4) is 0 Å². The van der Waals surface area contributed by atoms with E-state index in [0.717, 1.165) is 24.1 Å². The molecule has 0 bridgehead atoms. The van der Waals surface area contributed by atoms with E-state index in [1.54, 1.807) is 12.1 Å². The van der Waals surface area contributed by atoms with Crippen LogP contribution in [0.1, 0.15) is 31.1 Å². The highest BCUT2D eigenvalue weighted by atomic mass is 32.2. The Morgan fingerprint density at radius 2 is 2.24 bits per heavy atom. The molecule has 1 heterocycles. The second kappa shape index (κ2) is 5.06. The van der Waals surface area contributed by atoms with Crippen LogP contribution in [0.25, 0.3) is 0 Å². The summed E-state index contributed by atoms with van der Waals surface area (Å²) in [7, 11) is -3.35. The Labute approximate surface area is 106 Å². The van der Waals surface area contributed by atoms with Crippen LogP contribution in [0.15, 0.2) is 16.3 Å². The average molecular weight is 274 g/mol. The van der Waals surface area contributed by atoms with Crippen LogP contribution in [0.2, 0.25) is 0 Å². The molecule has 3 N–H and O–H groups in total. The van der Waals surface area contributed by atoms with E-state index in [9.17, 15) is 8.42 Å². The van der Waals surface area contributed by atoms with E-state index in [0.29, 0.717) is 16.7 Å². The lowest BCUT2D eigenvalue weighted by atomic mass is 10.1. The lowest BCUT2D eigenvalue weighted by molar-refractivity contribution is 0.477. The Bertz CT molecular complexity index is 481. The van der Waals surface area contributed by atoms with Crippen LogP contribution in [0.4, 0.5) is 0 Å². The van der Waals surface area contributed by atoms with Crippen LogP contribution in [0.5, 0.6) is 0 Å². The molecule has 6 heteroatoms. The van der Waals surface area contributed by atoms with Crippen LogP contribution < -0.4 is 10.5 Å². The van der Waals surface area contributed by atoms with Gasteiger partial charge in [0.15, 0.2) is 0 Å². The first-order chi connectivity index (χ1) is 8.03. The van der Waals surface area contributed by atoms with Gasteiger partial charge in [0.05, 0.1) is 0 Å². The van der Waals surface area contributed by atoms with E-state index in [2.05, 4.69) is 11.6 Å². The van der Waals surface area contributed by atoms with Gasteiger partial charge in [0, 0.05) is 17.5 Å². The normalized spacial score (nSPS) is 25.3. The van der Waals surface area contributed by atoms with Gasteiger partial charge in [-0.25, -0.2) is 13.1 Å². The number of sulfonamides is 1. The fourth-order valence-corrected chi connectivity index (χ4v) is 4.82. The van der Waals surface area contributed by atoms with Gasteiger partial charge >= 0.3 is 0 Å². The number of nitrogens with two attached hydrogens (primary N) is 1. The Hall–Kier alpha value is -0.430. The van der Waals surface area contributed by atoms with Crippen LogP contribution in [-0.2, 0) is 16.6 Å². The Kier molecular flexibility index (Phi) is 3.87. The molecule has 1 aliphatic rings. The summed E-state index contributed by atoms with van der Waals surface area (Å²) in [5, 5.41) is 0. The third-order valence-electron chi connectivity index (χ3n) is 3.27. The summed E-state index contributed by atoms with van der Waals surface area (Å²) in [6.07, 6.45) is 3.15. The van der Waals surface area contributed by atoms with Gasteiger partial charge in [-0.3, -0.25) is 0 Å². The molecule has 1 fully saturated rings. The molecule has 96 valence electrons. The summed E-state index contributed by atoms with van der Waals surface area (Å²) < 4.78 is 27.4. The van der Waals surface area contributed by atoms with Crippen molar-refractivity contribution in [3.05, 3.63) is 17.0 Å². The Morgan fingerprint density at radius 3 is 2.76 bits per heavy atom. The van der Waals surface area contributed by atoms with Crippen LogP contribution >= 0.6 is 11.3 Å². The lowest BCUT2D eigenvalue weighted by Gasteiger charge is -2.16. The largest absolute Gasteiger partial charge is 0.326 e. The Balaban J connectivity index is 2.13. The molecule has 2 unspecified atom stereocenters. The molecule has 1 saturated carbocycles. The van der Waals surface area contributed by atoms with Gasteiger partial charge < -0.3 is 5.73 Å². The van der Waals surface area contributed by atoms with E-state index < -0.39 is 10.0 Å². The highest BCUT2D eigenvalue weighted by molar-refractivity contribution is 7.91. The van der Waals surface area contributed by atoms with Gasteiger partial charge in [0.25, 0.3) is 0 Å². The first-order valence-corrected chi connectivity index (χ1v) is 8.14. The van der Waals surface area contributed by atoms with Crippen molar-refractivity contribution in [2.75, 3.05) is 0 Å². The topological polar surface area (TPSA) is 72.2 Å². The van der Waals surface area contributed by atoms with Gasteiger partial charge in [0.1, 0.15) is 4.21 Å². The number of hydrogen-bond donors (Lipinski definition) is 2. The average Bonchev–Trinajstić information content (AvgIpc) is 2.88. The molecule has 2 atom stereocenters. The molecule has 0 aromatic carbocycles. The maximum Gasteiger partial charge on any atom is 0.250 e. The molecule has 0 aliphatic heterocycles. The van der Waals surface area contributed by atoms with Crippen molar-refractivity contribution in [1.29, 1.82) is 0 Å². The predicted octanol–water partition coefficient (Wildman–Crippen LogP) is 1.67. The van der Waals surface area contributed by atoms with Crippen LogP contribution in [-0.4, -0.2) is 14.5 Å². The van der Waals surface area contributed by atoms with Crippen LogP contribution in [0, 0.1) is 5.92 Å². The van der Waals surface area contributed by atoms with Gasteiger partial charge in [-0.1, -0.05) is 13.3 Å². The van der Waals surface area contributed by atoms with Gasteiger partial charge in [0.2, 0.25) is 10.0 Å². The third-order valence-corrected chi connectivity index (χ3v) is 6.36. The third kappa shape index (κ3) is 2.88. The summed E-state index contributed by atoms with van der Waals surface area (Å²) in [6, 6.07) is 3.50. The molecular weight excluding hydrogens is 256 g/mol. The summed E-state index contributed by atoms with van der Waals surface area (Å²) in [4.78, 5) is 0.893. The van der Waals surface area contributed by atoms with Gasteiger partial charge in [-0.2, -0.15) is 0 Å². The maximum atomic E-state index is 12.1. The fraction of sp³-hybridized carbons (Fsp3) is 0.636. The SMILES string of the molecule is CC1CCCC1NS(=O)(=O)c1ccc(CN)s1. The summed E-state index contributed by atoms with van der Waals surface area (Å²) in [5.41, 5.74) is 5.49. The minimum atomic E-state index is -3.35. The molecular formula is C11H18N2O2S2. The van der Waals surface area contributed by atoms with Crippen molar-refractivity contribution in [2.45, 2.75) is 43.0 Å². The highest BCUT2D eigenvalue weighted by Gasteiger charge is 2.28. The zero-order valence-electron chi connectivity index (χ0n) is 9.85. The minimum absolute atomic E-state index is 0.0865. The molecule has 0 spiro atoms. The van der Waals surface area contributed by atoms with E-state index in [-0.39, 0.29) is 6.04 Å². The predicted molar refractivity (Wildman–Crippen MR) is 69.3 cm³/mol. The van der Waals surface area contributed by atoms with Crippen molar-refractivity contribution < 1.29 is 8.42 Å². The van der Waals surface area contributed by atoms with Gasteiger partial charge in [-0.15, -0.1) is 11.3 Å². The maximum absolute atomic E-state index is 12.1. The summed E-state index contributed by atoms with van der Waals surface area (Å²) in [6.45, 7) is 2.49. The van der Waals surface area contributed by atoms with E-state index in [1.165, 1.54) is 11.3 Å². The zero-order chi connectivity index (χ0) is 12.5. The molecule has 0 radical (unpaired) electrons. The quantitative estimate of drug-likeness (QED) is 0.877. The Morgan fingerprint density at radius 1 is 1.47 bits per heavy atom. The molecule has 4 nitrogen and oxygen atoms in total. The lowest BCUT2D eigenvalue weighted by Crippen LogP contribution is -2.35. The standard InChI is InChI=1S/C11H18N2O2S2/c1-8-3-2-4-10(8)13-17(14,15)11-6-5-9(7-12)16-11/h5-6,8,10,13H,2-4,7,12H2,1H3. The van der Waals surface area contributed by atoms with Crippen molar-refractivity contribution in [1.82, 2.24) is 4.72 Å². The number of thiophene rings is 1. The first-order valence-electron chi connectivity index (χ1n) is 5.84. The molecule has 1 aliphatic carbocycles. The monoisotopic (exact) mass is 274 g/mol. The molecule has 1 aromatic rings. The molecule has 17 heavy (non-hydrogen) atoms. The zero-order valence-corrected chi connectivity index (χ0v) is 11.5. The molecule has 0 saturated heterocycles. The summed E-state index contributed by atoms with van der Waals surface area (Å²) >= 11 is 1.25. The van der Waals surface area contributed by atoms with Crippen molar-refractivity contribution >= 4 is 21.4 Å². The molecule has 2 rings (SSSR count). The minimum Gasteiger partial charge on any atom is -0.326 e.